The van der Waals surface area contributed by atoms with Crippen LogP contribution in [0.15, 0.2) is 48.7 Å². The van der Waals surface area contributed by atoms with Crippen molar-refractivity contribution in [2.24, 2.45) is 0 Å². The second-order valence-electron chi connectivity index (χ2n) is 5.81. The zero-order valence-corrected chi connectivity index (χ0v) is 13.4. The predicted molar refractivity (Wildman–Crippen MR) is 89.3 cm³/mol. The Kier molecular flexibility index (Phi) is 5.59. The fraction of sp³-hybridized carbons (Fsp3) is 0.389. The minimum absolute atomic E-state index is 0.0645. The van der Waals surface area contributed by atoms with E-state index in [0.717, 1.165) is 13.1 Å². The van der Waals surface area contributed by atoms with Gasteiger partial charge in [0.25, 0.3) is 0 Å². The van der Waals surface area contributed by atoms with Crippen LogP contribution in [-0.4, -0.2) is 36.1 Å². The van der Waals surface area contributed by atoms with Crippen LogP contribution in [0.5, 0.6) is 5.75 Å². The third-order valence-corrected chi connectivity index (χ3v) is 4.20. The lowest BCUT2D eigenvalue weighted by Crippen LogP contribution is -2.31. The summed E-state index contributed by atoms with van der Waals surface area (Å²) in [6.45, 7) is 0.0702. The maximum Gasteiger partial charge on any atom is 0.387 e. The van der Waals surface area contributed by atoms with Gasteiger partial charge in [0.05, 0.1) is 12.2 Å². The highest BCUT2D eigenvalue weighted by Crippen LogP contribution is 2.25. The Morgan fingerprint density at radius 3 is 2.46 bits per heavy atom. The number of nitrogens with one attached hydrogen (secondary N) is 1. The average molecular weight is 333 g/mol. The molecule has 1 unspecified atom stereocenters. The van der Waals surface area contributed by atoms with Crippen molar-refractivity contribution >= 4 is 5.82 Å². The van der Waals surface area contributed by atoms with E-state index >= 15 is 0 Å². The Bertz CT molecular complexity index is 616. The van der Waals surface area contributed by atoms with Gasteiger partial charge in [0, 0.05) is 6.54 Å². The molecule has 128 valence electrons. The maximum absolute atomic E-state index is 12.2. The molecule has 1 N–H and O–H groups in total. The largest absolute Gasteiger partial charge is 0.433 e. The molecule has 2 heterocycles. The molecule has 3 rings (SSSR count). The summed E-state index contributed by atoms with van der Waals surface area (Å²) in [5, 5.41) is 3.30. The highest BCUT2D eigenvalue weighted by molar-refractivity contribution is 5.38. The highest BCUT2D eigenvalue weighted by Gasteiger charge is 2.23. The molecule has 2 aromatic rings. The van der Waals surface area contributed by atoms with E-state index in [0.29, 0.717) is 12.4 Å². The van der Waals surface area contributed by atoms with Crippen molar-refractivity contribution in [1.82, 2.24) is 9.88 Å². The molecule has 1 aliphatic heterocycles. The number of halogens is 2. The summed E-state index contributed by atoms with van der Waals surface area (Å²) in [5.41, 5.74) is 1.27. The van der Waals surface area contributed by atoms with Crippen LogP contribution >= 0.6 is 0 Å². The van der Waals surface area contributed by atoms with E-state index in [-0.39, 0.29) is 11.8 Å². The molecule has 0 amide bonds. The molecule has 1 fully saturated rings. The molecule has 1 aromatic carbocycles. The number of benzene rings is 1. The van der Waals surface area contributed by atoms with Crippen LogP contribution in [0.4, 0.5) is 14.6 Å². The monoisotopic (exact) mass is 333 g/mol. The van der Waals surface area contributed by atoms with Crippen molar-refractivity contribution in [2.45, 2.75) is 25.5 Å². The van der Waals surface area contributed by atoms with Crippen molar-refractivity contribution in [3.63, 3.8) is 0 Å². The first kappa shape index (κ1) is 16.6. The third-order valence-electron chi connectivity index (χ3n) is 4.20. The van der Waals surface area contributed by atoms with Crippen LogP contribution in [0.1, 0.15) is 24.4 Å². The molecule has 1 saturated heterocycles. The number of nitrogens with zero attached hydrogens (tertiary/aromatic N) is 2. The second-order valence-corrected chi connectivity index (χ2v) is 5.81. The minimum atomic E-state index is -2.83. The lowest BCUT2D eigenvalue weighted by molar-refractivity contribution is -0.0500. The number of aromatic nitrogens is 1. The number of hydrogen-bond acceptors (Lipinski definition) is 4. The minimum Gasteiger partial charge on any atom is -0.433 e. The van der Waals surface area contributed by atoms with Gasteiger partial charge in [0.1, 0.15) is 11.6 Å². The normalized spacial score (nSPS) is 16.3. The number of alkyl halides is 2. The summed E-state index contributed by atoms with van der Waals surface area (Å²) in [6.07, 6.45) is 3.75. The third kappa shape index (κ3) is 4.41. The lowest BCUT2D eigenvalue weighted by Gasteiger charge is -2.28. The van der Waals surface area contributed by atoms with Crippen molar-refractivity contribution < 1.29 is 13.5 Å². The highest BCUT2D eigenvalue weighted by atomic mass is 19.3. The number of ether oxygens (including phenoxy) is 1. The van der Waals surface area contributed by atoms with Gasteiger partial charge in [-0.15, -0.1) is 0 Å². The van der Waals surface area contributed by atoms with Crippen LogP contribution in [0.2, 0.25) is 0 Å². The molecule has 4 nitrogen and oxygen atoms in total. The van der Waals surface area contributed by atoms with Crippen molar-refractivity contribution in [3.05, 3.63) is 54.2 Å². The van der Waals surface area contributed by atoms with Crippen LogP contribution in [-0.2, 0) is 0 Å². The molecule has 1 atom stereocenters. The zero-order valence-electron chi connectivity index (χ0n) is 13.4. The fourth-order valence-corrected chi connectivity index (χ4v) is 3.04. The first-order chi connectivity index (χ1) is 11.7. The Labute approximate surface area is 140 Å². The summed E-state index contributed by atoms with van der Waals surface area (Å²) in [6, 6.07) is 13.8. The molecule has 0 bridgehead atoms. The molecule has 0 spiro atoms. The number of pyridine rings is 1. The smallest absolute Gasteiger partial charge is 0.387 e. The quantitative estimate of drug-likeness (QED) is 0.833. The summed E-state index contributed by atoms with van der Waals surface area (Å²) < 4.78 is 28.6. The number of anilines is 1. The van der Waals surface area contributed by atoms with Crippen molar-refractivity contribution in [1.29, 1.82) is 0 Å². The van der Waals surface area contributed by atoms with E-state index in [4.69, 9.17) is 0 Å². The lowest BCUT2D eigenvalue weighted by atomic mass is 10.1. The van der Waals surface area contributed by atoms with Gasteiger partial charge < -0.3 is 10.1 Å². The summed E-state index contributed by atoms with van der Waals surface area (Å²) >= 11 is 0. The number of hydrogen-bond donors (Lipinski definition) is 1. The van der Waals surface area contributed by atoms with Gasteiger partial charge in [-0.05, 0) is 43.6 Å². The van der Waals surface area contributed by atoms with Crippen molar-refractivity contribution in [2.75, 3.05) is 25.0 Å². The zero-order chi connectivity index (χ0) is 16.8. The first-order valence-corrected chi connectivity index (χ1v) is 8.16. The number of likely N-dealkylation sites (tertiary alicyclic amines) is 1. The van der Waals surface area contributed by atoms with Gasteiger partial charge in [-0.25, -0.2) is 4.98 Å². The van der Waals surface area contributed by atoms with E-state index in [2.05, 4.69) is 32.1 Å². The van der Waals surface area contributed by atoms with Gasteiger partial charge >= 0.3 is 6.61 Å². The molecule has 0 saturated carbocycles. The fourth-order valence-electron chi connectivity index (χ4n) is 3.04. The molecule has 0 aliphatic carbocycles. The van der Waals surface area contributed by atoms with Gasteiger partial charge in [-0.2, -0.15) is 8.78 Å². The van der Waals surface area contributed by atoms with Gasteiger partial charge in [-0.3, -0.25) is 4.90 Å². The van der Waals surface area contributed by atoms with Gasteiger partial charge in [-0.1, -0.05) is 30.3 Å². The Morgan fingerprint density at radius 2 is 1.83 bits per heavy atom. The summed E-state index contributed by atoms with van der Waals surface area (Å²) in [5.74, 6) is 0.714. The first-order valence-electron chi connectivity index (χ1n) is 8.16. The molecular formula is C18H21F2N3O. The van der Waals surface area contributed by atoms with Crippen molar-refractivity contribution in [3.8, 4) is 5.75 Å². The molecular weight excluding hydrogens is 312 g/mol. The van der Waals surface area contributed by atoms with E-state index in [1.807, 2.05) is 18.2 Å². The Balaban J connectivity index is 1.65. The Hall–Kier alpha value is -2.21. The van der Waals surface area contributed by atoms with Crippen LogP contribution in [0, 0.1) is 0 Å². The predicted octanol–water partition coefficient (Wildman–Crippen LogP) is 3.93. The molecule has 6 heteroatoms. The van der Waals surface area contributed by atoms with E-state index in [9.17, 15) is 8.78 Å². The second kappa shape index (κ2) is 8.06. The molecule has 1 aliphatic rings. The van der Waals surface area contributed by atoms with E-state index < -0.39 is 6.61 Å². The summed E-state index contributed by atoms with van der Waals surface area (Å²) in [4.78, 5) is 6.60. The number of rotatable bonds is 7. The van der Waals surface area contributed by atoms with Crippen LogP contribution in [0.3, 0.4) is 0 Å². The van der Waals surface area contributed by atoms with Gasteiger partial charge in [0.15, 0.2) is 0 Å². The average Bonchev–Trinajstić information content (AvgIpc) is 3.11. The molecule has 24 heavy (non-hydrogen) atoms. The van der Waals surface area contributed by atoms with Gasteiger partial charge in [0.2, 0.25) is 0 Å². The van der Waals surface area contributed by atoms with E-state index in [1.165, 1.54) is 30.7 Å². The maximum atomic E-state index is 12.2. The Morgan fingerprint density at radius 1 is 1.08 bits per heavy atom. The topological polar surface area (TPSA) is 37.4 Å². The molecule has 1 aromatic heterocycles. The van der Waals surface area contributed by atoms with E-state index in [1.54, 1.807) is 6.07 Å². The SMILES string of the molecule is FC(F)Oc1ccc(NCC(c2ccccc2)N2CCCC2)nc1. The summed E-state index contributed by atoms with van der Waals surface area (Å²) in [7, 11) is 0. The van der Waals surface area contributed by atoms with Crippen LogP contribution in [0.25, 0.3) is 0 Å². The molecule has 0 radical (unpaired) electrons. The standard InChI is InChI=1S/C18H21F2N3O/c19-18(20)24-15-8-9-17(21-12-15)22-13-16(23-10-4-5-11-23)14-6-2-1-3-7-14/h1-3,6-9,12,16,18H,4-5,10-11,13H2,(H,21,22). The van der Waals surface area contributed by atoms with Crippen LogP contribution < -0.4 is 10.1 Å².